The average molecular weight is 290 g/mol. The van der Waals surface area contributed by atoms with Crippen LogP contribution in [0.5, 0.6) is 5.75 Å². The van der Waals surface area contributed by atoms with Crippen LogP contribution < -0.4 is 4.74 Å². The maximum Gasteiger partial charge on any atom is 0.270 e. The Hall–Kier alpha value is -1.37. The van der Waals surface area contributed by atoms with Crippen molar-refractivity contribution in [1.82, 2.24) is 0 Å². The molecule has 0 N–H and O–H groups in total. The quantitative estimate of drug-likeness (QED) is 0.302. The molecule has 7 heteroatoms. The lowest BCUT2D eigenvalue weighted by molar-refractivity contribution is -0.384. The summed E-state index contributed by atoms with van der Waals surface area (Å²) in [5.74, 6) is 0.692. The van der Waals surface area contributed by atoms with Crippen LogP contribution in [0.2, 0.25) is 0 Å². The molecule has 0 aromatic heterocycles. The molecule has 0 aliphatic rings. The Bertz CT molecular complexity index is 413. The lowest BCUT2D eigenvalue weighted by Gasteiger charge is -2.10. The lowest BCUT2D eigenvalue weighted by atomic mass is 10.2. The summed E-state index contributed by atoms with van der Waals surface area (Å²) in [6.07, 6.45) is 0. The largest absolute Gasteiger partial charge is 0.491 e. The van der Waals surface area contributed by atoms with Crippen molar-refractivity contribution in [3.63, 3.8) is 0 Å². The van der Waals surface area contributed by atoms with Crippen LogP contribution in [0, 0.1) is 10.1 Å². The molecular formula is C12H16ClNO5. The first-order valence-corrected chi connectivity index (χ1v) is 6.25. The van der Waals surface area contributed by atoms with Gasteiger partial charge in [-0.3, -0.25) is 10.1 Å². The number of methoxy groups -OCH3 is 1. The second kappa shape index (κ2) is 8.68. The van der Waals surface area contributed by atoms with Crippen LogP contribution in [-0.2, 0) is 15.4 Å². The van der Waals surface area contributed by atoms with E-state index < -0.39 is 4.92 Å². The Morgan fingerprint density at radius 2 is 2.00 bits per heavy atom. The molecule has 0 fully saturated rings. The molecule has 19 heavy (non-hydrogen) atoms. The van der Waals surface area contributed by atoms with E-state index in [4.69, 9.17) is 25.8 Å². The zero-order valence-corrected chi connectivity index (χ0v) is 11.4. The van der Waals surface area contributed by atoms with Crippen LogP contribution in [-0.4, -0.2) is 38.5 Å². The van der Waals surface area contributed by atoms with E-state index in [-0.39, 0.29) is 11.6 Å². The van der Waals surface area contributed by atoms with E-state index in [1.807, 2.05) is 0 Å². The number of nitro benzene ring substituents is 1. The number of rotatable bonds is 9. The topological polar surface area (TPSA) is 70.8 Å². The molecule has 0 saturated carbocycles. The van der Waals surface area contributed by atoms with E-state index in [1.54, 1.807) is 13.2 Å². The van der Waals surface area contributed by atoms with Gasteiger partial charge in [-0.1, -0.05) is 0 Å². The highest BCUT2D eigenvalue weighted by Gasteiger charge is 2.10. The van der Waals surface area contributed by atoms with Gasteiger partial charge in [0.05, 0.1) is 30.6 Å². The number of ether oxygens (including phenoxy) is 3. The molecule has 0 bridgehead atoms. The number of halogens is 1. The summed E-state index contributed by atoms with van der Waals surface area (Å²) >= 11 is 5.74. The molecule has 106 valence electrons. The Balaban J connectivity index is 2.47. The molecule has 0 unspecified atom stereocenters. The van der Waals surface area contributed by atoms with Crippen LogP contribution in [0.4, 0.5) is 5.69 Å². The molecule has 0 spiro atoms. The molecule has 0 heterocycles. The molecule has 0 aliphatic carbocycles. The van der Waals surface area contributed by atoms with Gasteiger partial charge in [0, 0.05) is 24.8 Å². The zero-order valence-electron chi connectivity index (χ0n) is 10.6. The highest BCUT2D eigenvalue weighted by molar-refractivity contribution is 6.17. The van der Waals surface area contributed by atoms with E-state index >= 15 is 0 Å². The van der Waals surface area contributed by atoms with Gasteiger partial charge in [0.1, 0.15) is 12.4 Å². The van der Waals surface area contributed by atoms with Crippen molar-refractivity contribution in [3.8, 4) is 5.75 Å². The SMILES string of the molecule is COCCOCCOc1ccc([N+](=O)[O-])cc1CCl. The van der Waals surface area contributed by atoms with E-state index in [0.717, 1.165) is 0 Å². The minimum Gasteiger partial charge on any atom is -0.491 e. The standard InChI is InChI=1S/C12H16ClNO5/c1-17-4-5-18-6-7-19-12-3-2-11(14(15)16)8-10(12)9-13/h2-3,8H,4-7,9H2,1H3. The van der Waals surface area contributed by atoms with E-state index in [1.165, 1.54) is 12.1 Å². The van der Waals surface area contributed by atoms with Gasteiger partial charge in [0.2, 0.25) is 0 Å². The summed E-state index contributed by atoms with van der Waals surface area (Å²) in [5, 5.41) is 10.6. The summed E-state index contributed by atoms with van der Waals surface area (Å²) < 4.78 is 15.5. The minimum absolute atomic E-state index is 0.000607. The van der Waals surface area contributed by atoms with Crippen molar-refractivity contribution in [2.24, 2.45) is 0 Å². The van der Waals surface area contributed by atoms with Crippen LogP contribution in [0.25, 0.3) is 0 Å². The van der Waals surface area contributed by atoms with Crippen molar-refractivity contribution in [3.05, 3.63) is 33.9 Å². The van der Waals surface area contributed by atoms with Gasteiger partial charge in [-0.25, -0.2) is 0 Å². The first kappa shape index (κ1) is 15.7. The Kier molecular flexibility index (Phi) is 7.17. The van der Waals surface area contributed by atoms with Gasteiger partial charge in [0.25, 0.3) is 5.69 Å². The number of alkyl halides is 1. The normalized spacial score (nSPS) is 10.4. The molecule has 1 rings (SSSR count). The summed E-state index contributed by atoms with van der Waals surface area (Å²) in [4.78, 5) is 10.2. The van der Waals surface area contributed by atoms with Gasteiger partial charge < -0.3 is 14.2 Å². The van der Waals surface area contributed by atoms with Gasteiger partial charge in [-0.05, 0) is 6.07 Å². The van der Waals surface area contributed by atoms with E-state index in [2.05, 4.69) is 0 Å². The third kappa shape index (κ3) is 5.42. The molecule has 1 aromatic rings. The second-order valence-electron chi connectivity index (χ2n) is 3.64. The lowest BCUT2D eigenvalue weighted by Crippen LogP contribution is -2.10. The third-order valence-corrected chi connectivity index (χ3v) is 2.60. The molecule has 6 nitrogen and oxygen atoms in total. The predicted octanol–water partition coefficient (Wildman–Crippen LogP) is 2.38. The summed E-state index contributed by atoms with van der Waals surface area (Å²) in [6, 6.07) is 4.34. The van der Waals surface area contributed by atoms with Crippen molar-refractivity contribution in [2.45, 2.75) is 5.88 Å². The zero-order chi connectivity index (χ0) is 14.1. The van der Waals surface area contributed by atoms with Crippen molar-refractivity contribution >= 4 is 17.3 Å². The number of hydrogen-bond acceptors (Lipinski definition) is 5. The predicted molar refractivity (Wildman–Crippen MR) is 70.8 cm³/mol. The third-order valence-electron chi connectivity index (χ3n) is 2.32. The Labute approximate surface area is 116 Å². The fourth-order valence-corrected chi connectivity index (χ4v) is 1.59. The van der Waals surface area contributed by atoms with Crippen LogP contribution in [0.3, 0.4) is 0 Å². The Morgan fingerprint density at radius 3 is 2.63 bits per heavy atom. The van der Waals surface area contributed by atoms with Crippen molar-refractivity contribution in [2.75, 3.05) is 33.5 Å². The fourth-order valence-electron chi connectivity index (χ4n) is 1.38. The van der Waals surface area contributed by atoms with Gasteiger partial charge in [0.15, 0.2) is 0 Å². The first-order chi connectivity index (χ1) is 9.19. The highest BCUT2D eigenvalue weighted by atomic mass is 35.5. The monoisotopic (exact) mass is 289 g/mol. The molecule has 0 amide bonds. The van der Waals surface area contributed by atoms with E-state index in [9.17, 15) is 10.1 Å². The van der Waals surface area contributed by atoms with Crippen LogP contribution in [0.1, 0.15) is 5.56 Å². The number of non-ortho nitro benzene ring substituents is 1. The molecule has 1 aromatic carbocycles. The van der Waals surface area contributed by atoms with Crippen molar-refractivity contribution < 1.29 is 19.1 Å². The highest BCUT2D eigenvalue weighted by Crippen LogP contribution is 2.25. The summed E-state index contributed by atoms with van der Waals surface area (Å²) in [5.41, 5.74) is 0.590. The number of hydrogen-bond donors (Lipinski definition) is 0. The molecule has 0 saturated heterocycles. The maximum absolute atomic E-state index is 10.6. The minimum atomic E-state index is -0.465. The van der Waals surface area contributed by atoms with Crippen molar-refractivity contribution in [1.29, 1.82) is 0 Å². The van der Waals surface area contributed by atoms with Crippen LogP contribution >= 0.6 is 11.6 Å². The van der Waals surface area contributed by atoms with E-state index in [0.29, 0.717) is 37.7 Å². The average Bonchev–Trinajstić information content (AvgIpc) is 2.42. The van der Waals surface area contributed by atoms with Gasteiger partial charge in [-0.15, -0.1) is 11.6 Å². The van der Waals surface area contributed by atoms with Gasteiger partial charge in [-0.2, -0.15) is 0 Å². The number of nitrogens with zero attached hydrogens (tertiary/aromatic N) is 1. The number of nitro groups is 1. The number of benzene rings is 1. The fraction of sp³-hybridized carbons (Fsp3) is 0.500. The van der Waals surface area contributed by atoms with Crippen LogP contribution in [0.15, 0.2) is 18.2 Å². The molecule has 0 atom stereocenters. The second-order valence-corrected chi connectivity index (χ2v) is 3.90. The maximum atomic E-state index is 10.6. The first-order valence-electron chi connectivity index (χ1n) is 5.71. The molecule has 0 aliphatic heterocycles. The summed E-state index contributed by atoms with van der Waals surface area (Å²) in [6.45, 7) is 1.81. The van der Waals surface area contributed by atoms with Gasteiger partial charge >= 0.3 is 0 Å². The summed E-state index contributed by atoms with van der Waals surface area (Å²) in [7, 11) is 1.60. The smallest absolute Gasteiger partial charge is 0.270 e. The molecular weight excluding hydrogens is 274 g/mol. The molecule has 0 radical (unpaired) electrons. The Morgan fingerprint density at radius 1 is 1.26 bits per heavy atom.